The molecule has 3 rings (SSSR count). The van der Waals surface area contributed by atoms with Gasteiger partial charge in [-0.2, -0.15) is 13.2 Å². The van der Waals surface area contributed by atoms with Gasteiger partial charge in [0, 0.05) is 17.0 Å². The molecule has 0 radical (unpaired) electrons. The zero-order chi connectivity index (χ0) is 18.7. The normalized spacial score (nSPS) is 11.4. The molecule has 0 fully saturated rings. The molecule has 0 spiro atoms. The lowest BCUT2D eigenvalue weighted by Crippen LogP contribution is -2.09. The molecule has 0 saturated carbocycles. The Bertz CT molecular complexity index is 940. The standard InChI is InChI=1S/C19H14F3NO3/c1-25-18(24)16-17(26-11-12-5-3-2-4-6-12)15-8-7-14(19(20,21)22)9-13(15)10-23-16/h2-10H,11H2,1H3. The van der Waals surface area contributed by atoms with Crippen LogP contribution in [-0.2, 0) is 17.5 Å². The quantitative estimate of drug-likeness (QED) is 0.636. The predicted octanol–water partition coefficient (Wildman–Crippen LogP) is 4.62. The fourth-order valence-electron chi connectivity index (χ4n) is 2.49. The molecule has 134 valence electrons. The van der Waals surface area contributed by atoms with Gasteiger partial charge in [-0.05, 0) is 23.8 Å². The van der Waals surface area contributed by atoms with Crippen molar-refractivity contribution in [2.24, 2.45) is 0 Å². The van der Waals surface area contributed by atoms with Crippen LogP contribution in [-0.4, -0.2) is 18.1 Å². The Labute approximate surface area is 147 Å². The first-order valence-corrected chi connectivity index (χ1v) is 7.65. The highest BCUT2D eigenvalue weighted by molar-refractivity contribution is 5.99. The topological polar surface area (TPSA) is 48.4 Å². The van der Waals surface area contributed by atoms with E-state index in [-0.39, 0.29) is 23.4 Å². The largest absolute Gasteiger partial charge is 0.486 e. The Morgan fingerprint density at radius 3 is 2.50 bits per heavy atom. The molecule has 7 heteroatoms. The monoisotopic (exact) mass is 361 g/mol. The van der Waals surface area contributed by atoms with Gasteiger partial charge in [-0.1, -0.05) is 30.3 Å². The van der Waals surface area contributed by atoms with E-state index in [4.69, 9.17) is 9.47 Å². The van der Waals surface area contributed by atoms with E-state index >= 15 is 0 Å². The average Bonchev–Trinajstić information content (AvgIpc) is 2.65. The highest BCUT2D eigenvalue weighted by Gasteiger charge is 2.31. The van der Waals surface area contributed by atoms with E-state index in [1.165, 1.54) is 19.4 Å². The first-order chi connectivity index (χ1) is 12.4. The molecule has 0 bridgehead atoms. The SMILES string of the molecule is COC(=O)c1ncc2cc(C(F)(F)F)ccc2c1OCc1ccccc1. The molecule has 0 atom stereocenters. The van der Waals surface area contributed by atoms with Crippen molar-refractivity contribution in [3.63, 3.8) is 0 Å². The number of benzene rings is 2. The molecule has 4 nitrogen and oxygen atoms in total. The third-order valence-electron chi connectivity index (χ3n) is 3.78. The van der Waals surface area contributed by atoms with E-state index in [2.05, 4.69) is 4.98 Å². The highest BCUT2D eigenvalue weighted by atomic mass is 19.4. The van der Waals surface area contributed by atoms with Crippen LogP contribution in [0.2, 0.25) is 0 Å². The summed E-state index contributed by atoms with van der Waals surface area (Å²) in [6, 6.07) is 12.4. The van der Waals surface area contributed by atoms with Gasteiger partial charge in [0.05, 0.1) is 12.7 Å². The lowest BCUT2D eigenvalue weighted by atomic mass is 10.1. The molecular weight excluding hydrogens is 347 g/mol. The van der Waals surface area contributed by atoms with E-state index in [0.29, 0.717) is 5.39 Å². The summed E-state index contributed by atoms with van der Waals surface area (Å²) in [7, 11) is 1.20. The number of alkyl halides is 3. The third-order valence-corrected chi connectivity index (χ3v) is 3.78. The number of ether oxygens (including phenoxy) is 2. The first kappa shape index (κ1) is 17.7. The van der Waals surface area contributed by atoms with Crippen LogP contribution in [0.1, 0.15) is 21.6 Å². The molecule has 0 N–H and O–H groups in total. The van der Waals surface area contributed by atoms with Gasteiger partial charge in [0.1, 0.15) is 6.61 Å². The molecule has 0 amide bonds. The number of fused-ring (bicyclic) bond motifs is 1. The van der Waals surface area contributed by atoms with Crippen LogP contribution in [0.5, 0.6) is 5.75 Å². The number of hydrogen-bond acceptors (Lipinski definition) is 4. The fraction of sp³-hybridized carbons (Fsp3) is 0.158. The van der Waals surface area contributed by atoms with Gasteiger partial charge in [0.2, 0.25) is 0 Å². The molecular formula is C19H14F3NO3. The molecule has 3 aromatic rings. The number of methoxy groups -OCH3 is 1. The first-order valence-electron chi connectivity index (χ1n) is 7.65. The number of hydrogen-bond donors (Lipinski definition) is 0. The van der Waals surface area contributed by atoms with E-state index < -0.39 is 17.7 Å². The Morgan fingerprint density at radius 2 is 1.85 bits per heavy atom. The third kappa shape index (κ3) is 3.61. The molecule has 26 heavy (non-hydrogen) atoms. The second-order valence-electron chi connectivity index (χ2n) is 5.50. The lowest BCUT2D eigenvalue weighted by molar-refractivity contribution is -0.137. The van der Waals surface area contributed by atoms with Crippen molar-refractivity contribution in [3.8, 4) is 5.75 Å². The van der Waals surface area contributed by atoms with Crippen molar-refractivity contribution in [1.82, 2.24) is 4.98 Å². The molecule has 0 saturated heterocycles. The summed E-state index contributed by atoms with van der Waals surface area (Å²) in [6.45, 7) is 0.132. The average molecular weight is 361 g/mol. The summed E-state index contributed by atoms with van der Waals surface area (Å²) in [6.07, 6.45) is -3.27. The van der Waals surface area contributed by atoms with Crippen LogP contribution in [0.25, 0.3) is 10.8 Å². The maximum absolute atomic E-state index is 12.9. The van der Waals surface area contributed by atoms with Gasteiger partial charge in [0.25, 0.3) is 0 Å². The maximum atomic E-state index is 12.9. The second kappa shape index (κ2) is 7.03. The van der Waals surface area contributed by atoms with Crippen molar-refractivity contribution < 1.29 is 27.4 Å². The number of halogens is 3. The molecule has 0 aliphatic carbocycles. The summed E-state index contributed by atoms with van der Waals surface area (Å²) >= 11 is 0. The van der Waals surface area contributed by atoms with Crippen LogP contribution in [0.4, 0.5) is 13.2 Å². The van der Waals surface area contributed by atoms with Crippen molar-refractivity contribution in [2.75, 3.05) is 7.11 Å². The van der Waals surface area contributed by atoms with Gasteiger partial charge in [-0.15, -0.1) is 0 Å². The smallest absolute Gasteiger partial charge is 0.416 e. The summed E-state index contributed by atoms with van der Waals surface area (Å²) < 4.78 is 49.2. The minimum atomic E-state index is -4.47. The molecule has 1 aromatic heterocycles. The Kier molecular flexibility index (Phi) is 4.79. The minimum absolute atomic E-state index is 0.0873. The van der Waals surface area contributed by atoms with Crippen molar-refractivity contribution in [3.05, 3.63) is 71.5 Å². The number of nitrogens with zero attached hydrogens (tertiary/aromatic N) is 1. The van der Waals surface area contributed by atoms with Crippen LogP contribution < -0.4 is 4.74 Å². The van der Waals surface area contributed by atoms with E-state index in [0.717, 1.165) is 17.7 Å². The predicted molar refractivity (Wildman–Crippen MR) is 88.9 cm³/mol. The van der Waals surface area contributed by atoms with Crippen LogP contribution in [0.15, 0.2) is 54.7 Å². The molecule has 1 heterocycles. The van der Waals surface area contributed by atoms with Gasteiger partial charge in [0.15, 0.2) is 11.4 Å². The molecule has 0 aliphatic heterocycles. The number of rotatable bonds is 4. The number of aromatic nitrogens is 1. The number of esters is 1. The van der Waals surface area contributed by atoms with Gasteiger partial charge in [-0.25, -0.2) is 9.78 Å². The van der Waals surface area contributed by atoms with Gasteiger partial charge >= 0.3 is 12.1 Å². The number of pyridine rings is 1. The summed E-state index contributed by atoms with van der Waals surface area (Å²) in [5, 5.41) is 0.569. The van der Waals surface area contributed by atoms with Crippen molar-refractivity contribution in [2.45, 2.75) is 12.8 Å². The van der Waals surface area contributed by atoms with Crippen LogP contribution >= 0.6 is 0 Å². The van der Waals surface area contributed by atoms with E-state index in [1.54, 1.807) is 0 Å². The molecule has 0 unspecified atom stereocenters. The number of carbonyl (C=O) groups is 1. The summed E-state index contributed by atoms with van der Waals surface area (Å²) in [5.41, 5.74) is -0.0467. The Hall–Kier alpha value is -3.09. The fourth-order valence-corrected chi connectivity index (χ4v) is 2.49. The number of carbonyl (C=O) groups excluding carboxylic acids is 1. The van der Waals surface area contributed by atoms with Gasteiger partial charge in [-0.3, -0.25) is 0 Å². The maximum Gasteiger partial charge on any atom is 0.416 e. The summed E-state index contributed by atoms with van der Waals surface area (Å²) in [5.74, 6) is -0.637. The van der Waals surface area contributed by atoms with Crippen LogP contribution in [0, 0.1) is 0 Å². The second-order valence-corrected chi connectivity index (χ2v) is 5.50. The Balaban J connectivity index is 2.07. The van der Waals surface area contributed by atoms with E-state index in [9.17, 15) is 18.0 Å². The van der Waals surface area contributed by atoms with Crippen LogP contribution in [0.3, 0.4) is 0 Å². The lowest BCUT2D eigenvalue weighted by Gasteiger charge is -2.14. The summed E-state index contributed by atoms with van der Waals surface area (Å²) in [4.78, 5) is 15.9. The van der Waals surface area contributed by atoms with Crippen molar-refractivity contribution >= 4 is 16.7 Å². The van der Waals surface area contributed by atoms with Gasteiger partial charge < -0.3 is 9.47 Å². The molecule has 2 aromatic carbocycles. The van der Waals surface area contributed by atoms with Crippen molar-refractivity contribution in [1.29, 1.82) is 0 Å². The highest BCUT2D eigenvalue weighted by Crippen LogP contribution is 2.35. The van der Waals surface area contributed by atoms with E-state index in [1.807, 2.05) is 30.3 Å². The zero-order valence-electron chi connectivity index (χ0n) is 13.7. The Morgan fingerprint density at radius 1 is 1.12 bits per heavy atom. The zero-order valence-corrected chi connectivity index (χ0v) is 13.7. The molecule has 0 aliphatic rings. The minimum Gasteiger partial charge on any atom is -0.486 e.